The summed E-state index contributed by atoms with van der Waals surface area (Å²) in [6, 6.07) is 5.71. The number of anilines is 1. The molecule has 116 valence electrons. The van der Waals surface area contributed by atoms with Crippen LogP contribution < -0.4 is 5.73 Å². The van der Waals surface area contributed by atoms with Crippen molar-refractivity contribution < 1.29 is 4.92 Å². The summed E-state index contributed by atoms with van der Waals surface area (Å²) in [4.78, 5) is 15.4. The minimum absolute atomic E-state index is 0.00647. The number of likely N-dealkylation sites (N-methyl/N-ethyl adjacent to an activating group) is 1. The van der Waals surface area contributed by atoms with E-state index >= 15 is 0 Å². The lowest BCUT2D eigenvalue weighted by atomic mass is 10.1. The van der Waals surface area contributed by atoms with Crippen LogP contribution in [0.5, 0.6) is 0 Å². The van der Waals surface area contributed by atoms with Crippen molar-refractivity contribution in [2.45, 2.75) is 32.9 Å². The van der Waals surface area contributed by atoms with Gasteiger partial charge in [0.1, 0.15) is 5.69 Å². The molecule has 6 heteroatoms. The first-order valence-corrected chi connectivity index (χ1v) is 7.54. The zero-order valence-corrected chi connectivity index (χ0v) is 12.8. The number of nitro benzene ring substituents is 1. The molecule has 0 saturated carbocycles. The molecule has 1 saturated heterocycles. The van der Waals surface area contributed by atoms with Gasteiger partial charge in [0, 0.05) is 31.7 Å². The molecule has 0 aliphatic carbocycles. The molecule has 2 rings (SSSR count). The fraction of sp³-hybridized carbons (Fsp3) is 0.600. The lowest BCUT2D eigenvalue weighted by Gasteiger charge is -2.26. The van der Waals surface area contributed by atoms with Crippen molar-refractivity contribution in [3.05, 3.63) is 33.9 Å². The monoisotopic (exact) mass is 292 g/mol. The van der Waals surface area contributed by atoms with E-state index in [-0.39, 0.29) is 11.4 Å². The minimum Gasteiger partial charge on any atom is -0.393 e. The molecule has 1 aliphatic rings. The number of nitrogen functional groups attached to an aromatic ring is 1. The van der Waals surface area contributed by atoms with Gasteiger partial charge in [-0.15, -0.1) is 0 Å². The van der Waals surface area contributed by atoms with Crippen LogP contribution in [0.4, 0.5) is 11.4 Å². The Morgan fingerprint density at radius 3 is 2.76 bits per heavy atom. The zero-order chi connectivity index (χ0) is 15.4. The van der Waals surface area contributed by atoms with Crippen molar-refractivity contribution in [1.29, 1.82) is 0 Å². The average Bonchev–Trinajstić information content (AvgIpc) is 2.90. The topological polar surface area (TPSA) is 75.6 Å². The lowest BCUT2D eigenvalue weighted by Crippen LogP contribution is -2.37. The lowest BCUT2D eigenvalue weighted by molar-refractivity contribution is -0.384. The molecule has 1 heterocycles. The minimum atomic E-state index is -0.415. The summed E-state index contributed by atoms with van der Waals surface area (Å²) in [6.07, 6.45) is 1.17. The highest BCUT2D eigenvalue weighted by molar-refractivity contribution is 5.59. The predicted octanol–water partition coefficient (Wildman–Crippen LogP) is 2.09. The third kappa shape index (κ3) is 3.71. The molecule has 1 aliphatic heterocycles. The second-order valence-corrected chi connectivity index (χ2v) is 5.55. The number of hydrogen-bond donors (Lipinski definition) is 1. The Balaban J connectivity index is 2.00. The van der Waals surface area contributed by atoms with Gasteiger partial charge >= 0.3 is 0 Å². The Hall–Kier alpha value is -1.66. The van der Waals surface area contributed by atoms with Gasteiger partial charge < -0.3 is 5.73 Å². The largest absolute Gasteiger partial charge is 0.393 e. The molecule has 1 aromatic rings. The maximum atomic E-state index is 10.9. The normalized spacial score (nSPS) is 19.3. The molecule has 0 bridgehead atoms. The van der Waals surface area contributed by atoms with Crippen molar-refractivity contribution in [2.24, 2.45) is 0 Å². The van der Waals surface area contributed by atoms with E-state index in [1.54, 1.807) is 12.1 Å². The van der Waals surface area contributed by atoms with E-state index in [0.29, 0.717) is 6.04 Å². The number of likely N-dealkylation sites (tertiary alicyclic amines) is 1. The van der Waals surface area contributed by atoms with Crippen molar-refractivity contribution in [3.8, 4) is 0 Å². The summed E-state index contributed by atoms with van der Waals surface area (Å²) >= 11 is 0. The Bertz CT molecular complexity index is 502. The standard InChI is InChI=1S/C15H24N4O2/c1-3-18(4-2)13-7-8-17(11-13)10-12-5-6-14(16)15(9-12)19(20)21/h5-6,9,13H,3-4,7-8,10-11,16H2,1-2H3. The Labute approximate surface area is 125 Å². The molecule has 1 fully saturated rings. The highest BCUT2D eigenvalue weighted by Gasteiger charge is 2.26. The Kier molecular flexibility index (Phi) is 5.14. The molecule has 21 heavy (non-hydrogen) atoms. The van der Waals surface area contributed by atoms with E-state index in [2.05, 4.69) is 23.6 Å². The van der Waals surface area contributed by atoms with Crippen LogP contribution >= 0.6 is 0 Å². The van der Waals surface area contributed by atoms with Gasteiger partial charge in [0.25, 0.3) is 5.69 Å². The molecule has 0 spiro atoms. The third-order valence-corrected chi connectivity index (χ3v) is 4.27. The summed E-state index contributed by atoms with van der Waals surface area (Å²) in [5, 5.41) is 10.9. The van der Waals surface area contributed by atoms with E-state index in [9.17, 15) is 10.1 Å². The second kappa shape index (κ2) is 6.87. The molecule has 0 amide bonds. The molecular formula is C15H24N4O2. The van der Waals surface area contributed by atoms with E-state index < -0.39 is 4.92 Å². The molecule has 1 aromatic carbocycles. The van der Waals surface area contributed by atoms with Crippen molar-refractivity contribution in [2.75, 3.05) is 31.9 Å². The molecule has 6 nitrogen and oxygen atoms in total. The van der Waals surface area contributed by atoms with Gasteiger partial charge in [-0.05, 0) is 31.1 Å². The summed E-state index contributed by atoms with van der Waals surface area (Å²) in [7, 11) is 0. The number of benzene rings is 1. The highest BCUT2D eigenvalue weighted by atomic mass is 16.6. The van der Waals surface area contributed by atoms with Gasteiger partial charge in [-0.2, -0.15) is 0 Å². The quantitative estimate of drug-likeness (QED) is 0.493. The molecule has 0 radical (unpaired) electrons. The highest BCUT2D eigenvalue weighted by Crippen LogP contribution is 2.24. The van der Waals surface area contributed by atoms with Crippen LogP contribution in [0.25, 0.3) is 0 Å². The average molecular weight is 292 g/mol. The summed E-state index contributed by atoms with van der Waals surface area (Å²) < 4.78 is 0. The van der Waals surface area contributed by atoms with Gasteiger partial charge in [0.2, 0.25) is 0 Å². The first kappa shape index (κ1) is 15.7. The van der Waals surface area contributed by atoms with E-state index in [1.807, 2.05) is 6.07 Å². The molecule has 0 aromatic heterocycles. The summed E-state index contributed by atoms with van der Waals surface area (Å²) in [6.45, 7) is 9.34. The van der Waals surface area contributed by atoms with Crippen LogP contribution in [0, 0.1) is 10.1 Å². The van der Waals surface area contributed by atoms with Crippen LogP contribution in [0.15, 0.2) is 18.2 Å². The smallest absolute Gasteiger partial charge is 0.292 e. The van der Waals surface area contributed by atoms with Gasteiger partial charge in [0.05, 0.1) is 4.92 Å². The summed E-state index contributed by atoms with van der Waals surface area (Å²) in [5.74, 6) is 0. The fourth-order valence-electron chi connectivity index (χ4n) is 3.10. The number of nitrogens with two attached hydrogens (primary N) is 1. The SMILES string of the molecule is CCN(CC)C1CCN(Cc2ccc(N)c([N+](=O)[O-])c2)C1. The van der Waals surface area contributed by atoms with E-state index in [4.69, 9.17) is 5.73 Å². The number of nitro groups is 1. The zero-order valence-electron chi connectivity index (χ0n) is 12.8. The predicted molar refractivity (Wildman–Crippen MR) is 84.1 cm³/mol. The van der Waals surface area contributed by atoms with Crippen LogP contribution in [-0.2, 0) is 6.54 Å². The first-order valence-electron chi connectivity index (χ1n) is 7.54. The number of hydrogen-bond acceptors (Lipinski definition) is 5. The number of rotatable bonds is 6. The van der Waals surface area contributed by atoms with E-state index in [1.165, 1.54) is 6.42 Å². The third-order valence-electron chi connectivity index (χ3n) is 4.27. The van der Waals surface area contributed by atoms with Crippen molar-refractivity contribution in [3.63, 3.8) is 0 Å². The van der Waals surface area contributed by atoms with Crippen molar-refractivity contribution in [1.82, 2.24) is 9.80 Å². The van der Waals surface area contributed by atoms with Crippen LogP contribution in [0.3, 0.4) is 0 Å². The van der Waals surface area contributed by atoms with Gasteiger partial charge in [-0.25, -0.2) is 0 Å². The van der Waals surface area contributed by atoms with Crippen LogP contribution in [0.1, 0.15) is 25.8 Å². The Morgan fingerprint density at radius 2 is 2.14 bits per heavy atom. The van der Waals surface area contributed by atoms with Gasteiger partial charge in [0.15, 0.2) is 0 Å². The van der Waals surface area contributed by atoms with E-state index in [0.717, 1.165) is 38.3 Å². The first-order chi connectivity index (χ1) is 10.0. The molecule has 1 unspecified atom stereocenters. The van der Waals surface area contributed by atoms with Gasteiger partial charge in [-0.1, -0.05) is 19.9 Å². The maximum Gasteiger partial charge on any atom is 0.292 e. The Morgan fingerprint density at radius 1 is 1.43 bits per heavy atom. The van der Waals surface area contributed by atoms with Crippen LogP contribution in [0.2, 0.25) is 0 Å². The maximum absolute atomic E-state index is 10.9. The second-order valence-electron chi connectivity index (χ2n) is 5.55. The molecule has 1 atom stereocenters. The number of nitrogens with zero attached hydrogens (tertiary/aromatic N) is 3. The van der Waals surface area contributed by atoms with Crippen LogP contribution in [-0.4, -0.2) is 46.9 Å². The summed E-state index contributed by atoms with van der Waals surface area (Å²) in [5.41, 5.74) is 6.82. The molecule has 2 N–H and O–H groups in total. The fourth-order valence-corrected chi connectivity index (χ4v) is 3.10. The van der Waals surface area contributed by atoms with Gasteiger partial charge in [-0.3, -0.25) is 19.9 Å². The van der Waals surface area contributed by atoms with Crippen molar-refractivity contribution >= 4 is 11.4 Å². The molecular weight excluding hydrogens is 268 g/mol.